The molecule has 3 rings (SSSR count). The molecule has 0 bridgehead atoms. The van der Waals surface area contributed by atoms with Crippen LogP contribution < -0.4 is 10.1 Å². The first kappa shape index (κ1) is 21.8. The lowest BCUT2D eigenvalue weighted by molar-refractivity contribution is -0.0367. The Hall–Kier alpha value is -1.86. The fourth-order valence-corrected chi connectivity index (χ4v) is 3.70. The van der Waals surface area contributed by atoms with Gasteiger partial charge in [-0.05, 0) is 51.7 Å². The van der Waals surface area contributed by atoms with E-state index in [-0.39, 0.29) is 18.0 Å². The third-order valence-electron chi connectivity index (χ3n) is 5.25. The number of rotatable bonds is 8. The molecule has 2 heterocycles. The molecular formula is C22H34FN3O3. The quantitative estimate of drug-likeness (QED) is 0.530. The zero-order valence-electron chi connectivity index (χ0n) is 17.6. The standard InChI is InChI=1S/C22H34FN3O3/c1-3-24-22(25-15-17(2)29-20-7-4-6-18(23)14-20)26-11-9-19(10-12-26)28-16-21-8-5-13-27-21/h4,6-7,14,17,19,21H,3,5,8-13,15-16H2,1-2H3,(H,24,25). The van der Waals surface area contributed by atoms with Gasteiger partial charge in [0.15, 0.2) is 5.96 Å². The number of nitrogens with zero attached hydrogens (tertiary/aromatic N) is 2. The van der Waals surface area contributed by atoms with E-state index in [9.17, 15) is 4.39 Å². The van der Waals surface area contributed by atoms with E-state index in [1.165, 1.54) is 12.1 Å². The van der Waals surface area contributed by atoms with Crippen molar-refractivity contribution in [1.82, 2.24) is 10.2 Å². The van der Waals surface area contributed by atoms with Gasteiger partial charge in [-0.3, -0.25) is 0 Å². The summed E-state index contributed by atoms with van der Waals surface area (Å²) in [6.45, 7) is 8.76. The number of nitrogens with one attached hydrogen (secondary N) is 1. The summed E-state index contributed by atoms with van der Waals surface area (Å²) >= 11 is 0. The first-order valence-corrected chi connectivity index (χ1v) is 10.8. The Bertz CT molecular complexity index is 644. The monoisotopic (exact) mass is 407 g/mol. The van der Waals surface area contributed by atoms with E-state index < -0.39 is 0 Å². The van der Waals surface area contributed by atoms with Crippen molar-refractivity contribution >= 4 is 5.96 Å². The Morgan fingerprint density at radius 3 is 2.86 bits per heavy atom. The van der Waals surface area contributed by atoms with E-state index in [1.807, 2.05) is 6.92 Å². The van der Waals surface area contributed by atoms with Crippen LogP contribution in [-0.2, 0) is 9.47 Å². The van der Waals surface area contributed by atoms with Gasteiger partial charge in [-0.15, -0.1) is 0 Å². The molecule has 1 aromatic carbocycles. The second-order valence-electron chi connectivity index (χ2n) is 7.74. The maximum atomic E-state index is 13.3. The molecule has 0 spiro atoms. The predicted octanol–water partition coefficient (Wildman–Crippen LogP) is 3.22. The van der Waals surface area contributed by atoms with Gasteiger partial charge < -0.3 is 24.4 Å². The SMILES string of the molecule is CCNC(=NCC(C)Oc1cccc(F)c1)N1CCC(OCC2CCCO2)CC1. The molecule has 162 valence electrons. The number of hydrogen-bond donors (Lipinski definition) is 1. The average molecular weight is 408 g/mol. The maximum Gasteiger partial charge on any atom is 0.194 e. The normalized spacial score (nSPS) is 22.0. The highest BCUT2D eigenvalue weighted by Crippen LogP contribution is 2.18. The first-order chi connectivity index (χ1) is 14.1. The van der Waals surface area contributed by atoms with E-state index in [0.717, 1.165) is 57.9 Å². The summed E-state index contributed by atoms with van der Waals surface area (Å²) in [5.41, 5.74) is 0. The third-order valence-corrected chi connectivity index (χ3v) is 5.25. The molecule has 2 unspecified atom stereocenters. The van der Waals surface area contributed by atoms with Gasteiger partial charge >= 0.3 is 0 Å². The summed E-state index contributed by atoms with van der Waals surface area (Å²) in [7, 11) is 0. The number of likely N-dealkylation sites (tertiary alicyclic amines) is 1. The Morgan fingerprint density at radius 1 is 1.34 bits per heavy atom. The summed E-state index contributed by atoms with van der Waals surface area (Å²) in [6.07, 6.45) is 4.69. The minimum Gasteiger partial charge on any atom is -0.489 e. The molecule has 1 aromatic rings. The van der Waals surface area contributed by atoms with Gasteiger partial charge in [0.1, 0.15) is 17.7 Å². The largest absolute Gasteiger partial charge is 0.489 e. The van der Waals surface area contributed by atoms with Crippen molar-refractivity contribution in [2.75, 3.05) is 39.4 Å². The zero-order chi connectivity index (χ0) is 20.5. The molecule has 0 amide bonds. The lowest BCUT2D eigenvalue weighted by atomic mass is 10.1. The van der Waals surface area contributed by atoms with Gasteiger partial charge in [-0.1, -0.05) is 6.07 Å². The predicted molar refractivity (Wildman–Crippen MR) is 112 cm³/mol. The van der Waals surface area contributed by atoms with E-state index in [1.54, 1.807) is 12.1 Å². The summed E-state index contributed by atoms with van der Waals surface area (Å²) < 4.78 is 30.8. The van der Waals surface area contributed by atoms with Crippen molar-refractivity contribution in [1.29, 1.82) is 0 Å². The van der Waals surface area contributed by atoms with Gasteiger partial charge in [0.25, 0.3) is 0 Å². The van der Waals surface area contributed by atoms with Crippen LogP contribution in [0.25, 0.3) is 0 Å². The van der Waals surface area contributed by atoms with Crippen LogP contribution in [-0.4, -0.2) is 68.6 Å². The highest BCUT2D eigenvalue weighted by Gasteiger charge is 2.24. The summed E-state index contributed by atoms with van der Waals surface area (Å²) in [6, 6.07) is 6.21. The van der Waals surface area contributed by atoms with E-state index in [2.05, 4.69) is 17.1 Å². The van der Waals surface area contributed by atoms with Crippen LogP contribution in [0, 0.1) is 5.82 Å². The van der Waals surface area contributed by atoms with Crippen molar-refractivity contribution in [3.63, 3.8) is 0 Å². The molecular weight excluding hydrogens is 373 g/mol. The molecule has 7 heteroatoms. The molecule has 0 radical (unpaired) electrons. The zero-order valence-corrected chi connectivity index (χ0v) is 17.6. The van der Waals surface area contributed by atoms with Crippen molar-refractivity contribution in [2.45, 2.75) is 57.8 Å². The number of halogens is 1. The molecule has 0 aromatic heterocycles. The van der Waals surface area contributed by atoms with E-state index in [0.29, 0.717) is 25.0 Å². The van der Waals surface area contributed by atoms with Gasteiger partial charge in [0.2, 0.25) is 0 Å². The summed E-state index contributed by atoms with van der Waals surface area (Å²) in [5, 5.41) is 3.37. The van der Waals surface area contributed by atoms with Crippen LogP contribution in [0.5, 0.6) is 5.75 Å². The number of guanidine groups is 1. The second-order valence-corrected chi connectivity index (χ2v) is 7.74. The van der Waals surface area contributed by atoms with Gasteiger partial charge in [-0.25, -0.2) is 9.38 Å². The molecule has 0 saturated carbocycles. The van der Waals surface area contributed by atoms with Crippen LogP contribution in [0.2, 0.25) is 0 Å². The molecule has 2 fully saturated rings. The topological polar surface area (TPSA) is 55.3 Å². The minimum atomic E-state index is -0.295. The number of ether oxygens (including phenoxy) is 3. The molecule has 2 aliphatic rings. The fraction of sp³-hybridized carbons (Fsp3) is 0.682. The summed E-state index contributed by atoms with van der Waals surface area (Å²) in [5.74, 6) is 1.14. The molecule has 2 atom stereocenters. The van der Waals surface area contributed by atoms with Gasteiger partial charge in [-0.2, -0.15) is 0 Å². The Kier molecular flexibility index (Phi) is 8.55. The first-order valence-electron chi connectivity index (χ1n) is 10.8. The average Bonchev–Trinajstić information content (AvgIpc) is 3.24. The maximum absolute atomic E-state index is 13.3. The Balaban J connectivity index is 1.44. The fourth-order valence-electron chi connectivity index (χ4n) is 3.70. The number of benzene rings is 1. The van der Waals surface area contributed by atoms with E-state index >= 15 is 0 Å². The Labute approximate surface area is 173 Å². The molecule has 0 aliphatic carbocycles. The smallest absolute Gasteiger partial charge is 0.194 e. The van der Waals surface area contributed by atoms with E-state index in [4.69, 9.17) is 19.2 Å². The molecule has 29 heavy (non-hydrogen) atoms. The lowest BCUT2D eigenvalue weighted by Gasteiger charge is -2.34. The van der Waals surface area contributed by atoms with Gasteiger partial charge in [0.05, 0.1) is 25.4 Å². The van der Waals surface area contributed by atoms with Crippen molar-refractivity contribution in [3.8, 4) is 5.75 Å². The van der Waals surface area contributed by atoms with Crippen LogP contribution in [0.4, 0.5) is 4.39 Å². The van der Waals surface area contributed by atoms with Crippen molar-refractivity contribution < 1.29 is 18.6 Å². The molecule has 2 aliphatic heterocycles. The highest BCUT2D eigenvalue weighted by molar-refractivity contribution is 5.80. The number of hydrogen-bond acceptors (Lipinski definition) is 4. The van der Waals surface area contributed by atoms with Crippen LogP contribution in [0.15, 0.2) is 29.3 Å². The summed E-state index contributed by atoms with van der Waals surface area (Å²) in [4.78, 5) is 7.02. The van der Waals surface area contributed by atoms with Crippen LogP contribution in [0.3, 0.4) is 0 Å². The van der Waals surface area contributed by atoms with Crippen molar-refractivity contribution in [2.24, 2.45) is 4.99 Å². The van der Waals surface area contributed by atoms with Gasteiger partial charge in [0, 0.05) is 32.3 Å². The molecule has 6 nitrogen and oxygen atoms in total. The number of aliphatic imine (C=N–C) groups is 1. The molecule has 2 saturated heterocycles. The third kappa shape index (κ3) is 7.16. The molecule has 1 N–H and O–H groups in total. The highest BCUT2D eigenvalue weighted by atomic mass is 19.1. The number of piperidine rings is 1. The van der Waals surface area contributed by atoms with Crippen molar-refractivity contribution in [3.05, 3.63) is 30.1 Å². The second kappa shape index (κ2) is 11.4. The Morgan fingerprint density at radius 2 is 2.17 bits per heavy atom. The van der Waals surface area contributed by atoms with Crippen LogP contribution in [0.1, 0.15) is 39.5 Å². The van der Waals surface area contributed by atoms with Crippen LogP contribution >= 0.6 is 0 Å². The lowest BCUT2D eigenvalue weighted by Crippen LogP contribution is -2.47. The minimum absolute atomic E-state index is 0.141.